The first-order chi connectivity index (χ1) is 4.72. The minimum atomic E-state index is -0.706. The van der Waals surface area contributed by atoms with E-state index < -0.39 is 12.2 Å². The second-order valence-corrected chi connectivity index (χ2v) is 2.78. The molecule has 0 aliphatic carbocycles. The van der Waals surface area contributed by atoms with Gasteiger partial charge in [0, 0.05) is 6.61 Å². The highest BCUT2D eigenvalue weighted by molar-refractivity contribution is 4.75. The molecule has 0 aromatic heterocycles. The van der Waals surface area contributed by atoms with Crippen molar-refractivity contribution in [2.24, 2.45) is 0 Å². The van der Waals surface area contributed by atoms with Crippen molar-refractivity contribution in [1.82, 2.24) is 0 Å². The SMILES string of the molecule is C[C@@H]1OCCC[C@@H](O)[C@@H]1O. The summed E-state index contributed by atoms with van der Waals surface area (Å²) in [4.78, 5) is 0. The highest BCUT2D eigenvalue weighted by Gasteiger charge is 2.25. The van der Waals surface area contributed by atoms with E-state index in [1.807, 2.05) is 0 Å². The van der Waals surface area contributed by atoms with Crippen molar-refractivity contribution in [2.75, 3.05) is 6.61 Å². The summed E-state index contributed by atoms with van der Waals surface area (Å²) in [6.45, 7) is 2.43. The van der Waals surface area contributed by atoms with E-state index >= 15 is 0 Å². The van der Waals surface area contributed by atoms with Crippen molar-refractivity contribution in [3.63, 3.8) is 0 Å². The van der Waals surface area contributed by atoms with Gasteiger partial charge in [-0.25, -0.2) is 0 Å². The lowest BCUT2D eigenvalue weighted by Gasteiger charge is -2.19. The number of hydrogen-bond donors (Lipinski definition) is 2. The monoisotopic (exact) mass is 146 g/mol. The van der Waals surface area contributed by atoms with Crippen LogP contribution < -0.4 is 0 Å². The number of aliphatic hydroxyl groups excluding tert-OH is 2. The fourth-order valence-corrected chi connectivity index (χ4v) is 1.14. The van der Waals surface area contributed by atoms with Gasteiger partial charge in [0.25, 0.3) is 0 Å². The largest absolute Gasteiger partial charge is 0.390 e. The zero-order chi connectivity index (χ0) is 7.56. The van der Waals surface area contributed by atoms with Gasteiger partial charge in [-0.05, 0) is 19.8 Å². The fraction of sp³-hybridized carbons (Fsp3) is 1.00. The Morgan fingerprint density at radius 1 is 1.40 bits per heavy atom. The van der Waals surface area contributed by atoms with E-state index in [9.17, 15) is 10.2 Å². The summed E-state index contributed by atoms with van der Waals surface area (Å²) in [5.41, 5.74) is 0. The third kappa shape index (κ3) is 1.68. The summed E-state index contributed by atoms with van der Waals surface area (Å²) < 4.78 is 5.18. The van der Waals surface area contributed by atoms with Crippen LogP contribution >= 0.6 is 0 Å². The molecule has 1 saturated heterocycles. The summed E-state index contributed by atoms with van der Waals surface area (Å²) in [7, 11) is 0. The van der Waals surface area contributed by atoms with Gasteiger partial charge in [0.05, 0.1) is 12.2 Å². The molecular formula is C7H14O3. The molecule has 2 N–H and O–H groups in total. The van der Waals surface area contributed by atoms with Crippen LogP contribution in [0.25, 0.3) is 0 Å². The zero-order valence-electron chi connectivity index (χ0n) is 6.16. The Hall–Kier alpha value is -0.120. The van der Waals surface area contributed by atoms with Crippen LogP contribution in [0.3, 0.4) is 0 Å². The van der Waals surface area contributed by atoms with Crippen molar-refractivity contribution in [3.8, 4) is 0 Å². The van der Waals surface area contributed by atoms with Gasteiger partial charge in [0.1, 0.15) is 6.10 Å². The van der Waals surface area contributed by atoms with Crippen molar-refractivity contribution in [2.45, 2.75) is 38.1 Å². The third-order valence-electron chi connectivity index (χ3n) is 1.90. The van der Waals surface area contributed by atoms with Crippen LogP contribution in [0.4, 0.5) is 0 Å². The molecule has 3 atom stereocenters. The molecule has 3 nitrogen and oxygen atoms in total. The van der Waals surface area contributed by atoms with Crippen LogP contribution in [-0.2, 0) is 4.74 Å². The number of aliphatic hydroxyl groups is 2. The molecule has 10 heavy (non-hydrogen) atoms. The summed E-state index contributed by atoms with van der Waals surface area (Å²) in [5, 5.41) is 18.4. The Labute approximate surface area is 60.6 Å². The molecule has 3 heteroatoms. The quantitative estimate of drug-likeness (QED) is 0.502. The van der Waals surface area contributed by atoms with Crippen LogP contribution in [-0.4, -0.2) is 35.1 Å². The van der Waals surface area contributed by atoms with Crippen LogP contribution in [0.5, 0.6) is 0 Å². The Balaban J connectivity index is 2.46. The average molecular weight is 146 g/mol. The van der Waals surface area contributed by atoms with E-state index in [1.54, 1.807) is 6.92 Å². The van der Waals surface area contributed by atoms with Gasteiger partial charge < -0.3 is 14.9 Å². The molecule has 1 heterocycles. The number of hydrogen-bond acceptors (Lipinski definition) is 3. The Morgan fingerprint density at radius 2 is 2.10 bits per heavy atom. The molecule has 0 radical (unpaired) electrons. The molecule has 0 amide bonds. The lowest BCUT2D eigenvalue weighted by molar-refractivity contribution is -0.0617. The average Bonchev–Trinajstić information content (AvgIpc) is 2.04. The number of ether oxygens (including phenoxy) is 1. The molecule has 0 saturated carbocycles. The maximum absolute atomic E-state index is 9.25. The van der Waals surface area contributed by atoms with Gasteiger partial charge >= 0.3 is 0 Å². The van der Waals surface area contributed by atoms with Gasteiger partial charge in [-0.2, -0.15) is 0 Å². The molecule has 1 rings (SSSR count). The first-order valence-electron chi connectivity index (χ1n) is 3.69. The van der Waals surface area contributed by atoms with Gasteiger partial charge in [-0.3, -0.25) is 0 Å². The van der Waals surface area contributed by atoms with Crippen molar-refractivity contribution in [1.29, 1.82) is 0 Å². The van der Waals surface area contributed by atoms with Gasteiger partial charge in [0.15, 0.2) is 0 Å². The second kappa shape index (κ2) is 3.32. The predicted octanol–water partition coefficient (Wildman–Crippen LogP) is -0.0929. The Kier molecular flexibility index (Phi) is 2.65. The minimum Gasteiger partial charge on any atom is -0.390 e. The molecule has 0 spiro atoms. The predicted molar refractivity (Wildman–Crippen MR) is 36.7 cm³/mol. The maximum atomic E-state index is 9.25. The first-order valence-corrected chi connectivity index (χ1v) is 3.69. The fourth-order valence-electron chi connectivity index (χ4n) is 1.14. The molecule has 0 unspecified atom stereocenters. The standard InChI is InChI=1S/C7H14O3/c1-5-7(9)6(8)3-2-4-10-5/h5-9H,2-4H2,1H3/t5-,6+,7+/m0/s1. The number of rotatable bonds is 0. The summed E-state index contributed by atoms with van der Waals surface area (Å²) in [6.07, 6.45) is -0.0499. The van der Waals surface area contributed by atoms with Crippen molar-refractivity contribution < 1.29 is 14.9 Å². The van der Waals surface area contributed by atoms with Gasteiger partial charge in [-0.15, -0.1) is 0 Å². The normalized spacial score (nSPS) is 42.9. The lowest BCUT2D eigenvalue weighted by atomic mass is 10.1. The molecule has 1 aliphatic heterocycles. The highest BCUT2D eigenvalue weighted by Crippen LogP contribution is 2.13. The first kappa shape index (κ1) is 7.98. The van der Waals surface area contributed by atoms with Gasteiger partial charge in [-0.1, -0.05) is 0 Å². The molecular weight excluding hydrogens is 132 g/mol. The topological polar surface area (TPSA) is 49.7 Å². The van der Waals surface area contributed by atoms with Crippen LogP contribution in [0.2, 0.25) is 0 Å². The summed E-state index contributed by atoms with van der Waals surface area (Å²) in [5.74, 6) is 0. The molecule has 0 aromatic rings. The van der Waals surface area contributed by atoms with Crippen LogP contribution in [0.1, 0.15) is 19.8 Å². The molecule has 1 aliphatic rings. The molecule has 1 fully saturated rings. The second-order valence-electron chi connectivity index (χ2n) is 2.78. The van der Waals surface area contributed by atoms with E-state index in [-0.39, 0.29) is 6.10 Å². The van der Waals surface area contributed by atoms with Gasteiger partial charge in [0.2, 0.25) is 0 Å². The van der Waals surface area contributed by atoms with E-state index in [4.69, 9.17) is 4.74 Å². The van der Waals surface area contributed by atoms with Crippen LogP contribution in [0, 0.1) is 0 Å². The Morgan fingerprint density at radius 3 is 2.80 bits per heavy atom. The van der Waals surface area contributed by atoms with E-state index in [0.29, 0.717) is 13.0 Å². The lowest BCUT2D eigenvalue weighted by Crippen LogP contribution is -2.34. The Bertz CT molecular complexity index is 93.0. The summed E-state index contributed by atoms with van der Waals surface area (Å²) >= 11 is 0. The van der Waals surface area contributed by atoms with Crippen LogP contribution in [0.15, 0.2) is 0 Å². The van der Waals surface area contributed by atoms with E-state index in [1.165, 1.54) is 0 Å². The zero-order valence-corrected chi connectivity index (χ0v) is 6.16. The maximum Gasteiger partial charge on any atom is 0.106 e. The minimum absolute atomic E-state index is 0.225. The smallest absolute Gasteiger partial charge is 0.106 e. The van der Waals surface area contributed by atoms with E-state index in [0.717, 1.165) is 6.42 Å². The molecule has 60 valence electrons. The molecule has 0 bridgehead atoms. The summed E-state index contributed by atoms with van der Waals surface area (Å²) in [6, 6.07) is 0. The molecule has 0 aromatic carbocycles. The van der Waals surface area contributed by atoms with Crippen molar-refractivity contribution in [3.05, 3.63) is 0 Å². The van der Waals surface area contributed by atoms with Crippen molar-refractivity contribution >= 4 is 0 Å². The van der Waals surface area contributed by atoms with E-state index in [2.05, 4.69) is 0 Å². The highest BCUT2D eigenvalue weighted by atomic mass is 16.5. The third-order valence-corrected chi connectivity index (χ3v) is 1.90.